The Hall–Kier alpha value is -2.32. The molecule has 2 N–H and O–H groups in total. The summed E-state index contributed by atoms with van der Waals surface area (Å²) in [5.74, 6) is -0.359. The molecule has 5 nitrogen and oxygen atoms in total. The molecule has 0 radical (unpaired) electrons. The zero-order valence-electron chi connectivity index (χ0n) is 14.6. The summed E-state index contributed by atoms with van der Waals surface area (Å²) < 4.78 is 5.42. The Kier molecular flexibility index (Phi) is 9.98. The fraction of sp³-hybridized carbons (Fsp3) is 0.474. The first-order chi connectivity index (χ1) is 11.7. The van der Waals surface area contributed by atoms with E-state index in [1.807, 2.05) is 37.3 Å². The summed E-state index contributed by atoms with van der Waals surface area (Å²) in [5, 5.41) is 14.8. The second-order valence-corrected chi connectivity index (χ2v) is 5.61. The van der Waals surface area contributed by atoms with Gasteiger partial charge in [-0.05, 0) is 25.3 Å². The highest BCUT2D eigenvalue weighted by atomic mass is 16.5. The Morgan fingerprint density at radius 2 is 1.96 bits per heavy atom. The van der Waals surface area contributed by atoms with Crippen LogP contribution < -0.4 is 10.6 Å². The van der Waals surface area contributed by atoms with Crippen LogP contribution in [0.15, 0.2) is 36.0 Å². The molecule has 1 aromatic carbocycles. The van der Waals surface area contributed by atoms with Crippen LogP contribution in [0.25, 0.3) is 0 Å². The molecule has 0 saturated carbocycles. The lowest BCUT2D eigenvalue weighted by Gasteiger charge is -2.06. The van der Waals surface area contributed by atoms with Crippen molar-refractivity contribution in [3.63, 3.8) is 0 Å². The van der Waals surface area contributed by atoms with Crippen molar-refractivity contribution in [1.29, 1.82) is 5.26 Å². The number of rotatable bonds is 11. The van der Waals surface area contributed by atoms with Crippen LogP contribution in [0.5, 0.6) is 0 Å². The SMILES string of the molecule is CCCCOCCCNC(=O)/C(C#N)=C\NCc1ccc(C)cc1. The Bertz CT molecular complexity index is 559. The average molecular weight is 329 g/mol. The molecular weight excluding hydrogens is 302 g/mol. The molecule has 5 heteroatoms. The highest BCUT2D eigenvalue weighted by molar-refractivity contribution is 5.97. The minimum Gasteiger partial charge on any atom is -0.386 e. The van der Waals surface area contributed by atoms with E-state index in [9.17, 15) is 4.79 Å². The van der Waals surface area contributed by atoms with Crippen molar-refractivity contribution >= 4 is 5.91 Å². The van der Waals surface area contributed by atoms with Gasteiger partial charge in [-0.25, -0.2) is 0 Å². The van der Waals surface area contributed by atoms with E-state index in [4.69, 9.17) is 10.00 Å². The minimum atomic E-state index is -0.359. The van der Waals surface area contributed by atoms with E-state index < -0.39 is 0 Å². The van der Waals surface area contributed by atoms with Crippen LogP contribution in [0, 0.1) is 18.3 Å². The van der Waals surface area contributed by atoms with Gasteiger partial charge in [0.2, 0.25) is 0 Å². The summed E-state index contributed by atoms with van der Waals surface area (Å²) in [6.07, 6.45) is 4.38. The second-order valence-electron chi connectivity index (χ2n) is 5.61. The quantitative estimate of drug-likeness (QED) is 0.372. The number of nitrogens with zero attached hydrogens (tertiary/aromatic N) is 1. The lowest BCUT2D eigenvalue weighted by Crippen LogP contribution is -2.27. The minimum absolute atomic E-state index is 0.0778. The lowest BCUT2D eigenvalue weighted by atomic mass is 10.1. The number of ether oxygens (including phenoxy) is 1. The molecule has 0 bridgehead atoms. The van der Waals surface area contributed by atoms with E-state index in [0.29, 0.717) is 19.7 Å². The van der Waals surface area contributed by atoms with Crippen molar-refractivity contribution in [2.24, 2.45) is 0 Å². The third-order valence-electron chi connectivity index (χ3n) is 3.43. The maximum Gasteiger partial charge on any atom is 0.263 e. The first-order valence-corrected chi connectivity index (χ1v) is 8.42. The van der Waals surface area contributed by atoms with Crippen LogP contribution >= 0.6 is 0 Å². The summed E-state index contributed by atoms with van der Waals surface area (Å²) in [6.45, 7) is 6.61. The largest absolute Gasteiger partial charge is 0.386 e. The Labute approximate surface area is 144 Å². The zero-order chi connectivity index (χ0) is 17.6. The Morgan fingerprint density at radius 1 is 1.25 bits per heavy atom. The maximum atomic E-state index is 11.9. The van der Waals surface area contributed by atoms with Crippen LogP contribution in [-0.2, 0) is 16.1 Å². The van der Waals surface area contributed by atoms with E-state index in [0.717, 1.165) is 31.4 Å². The van der Waals surface area contributed by atoms with Crippen molar-refractivity contribution in [3.05, 3.63) is 47.2 Å². The molecule has 0 aliphatic carbocycles. The molecule has 130 valence electrons. The molecule has 0 aliphatic heterocycles. The number of unbranched alkanes of at least 4 members (excludes halogenated alkanes) is 1. The van der Waals surface area contributed by atoms with E-state index >= 15 is 0 Å². The van der Waals surface area contributed by atoms with Gasteiger partial charge >= 0.3 is 0 Å². The van der Waals surface area contributed by atoms with Crippen molar-refractivity contribution < 1.29 is 9.53 Å². The van der Waals surface area contributed by atoms with Crippen molar-refractivity contribution in [2.45, 2.75) is 39.7 Å². The molecular formula is C19H27N3O2. The molecule has 0 aromatic heterocycles. The molecule has 1 rings (SSSR count). The second kappa shape index (κ2) is 12.1. The average Bonchev–Trinajstić information content (AvgIpc) is 2.59. The number of hydrogen-bond donors (Lipinski definition) is 2. The smallest absolute Gasteiger partial charge is 0.263 e. The fourth-order valence-electron chi connectivity index (χ4n) is 1.95. The number of amides is 1. The molecule has 0 unspecified atom stereocenters. The van der Waals surface area contributed by atoms with Gasteiger partial charge in [0.05, 0.1) is 0 Å². The molecule has 0 saturated heterocycles. The zero-order valence-corrected chi connectivity index (χ0v) is 14.6. The number of carbonyl (C=O) groups excluding carboxylic acids is 1. The van der Waals surface area contributed by atoms with Crippen molar-refractivity contribution in [1.82, 2.24) is 10.6 Å². The van der Waals surface area contributed by atoms with Crippen LogP contribution in [0.4, 0.5) is 0 Å². The summed E-state index contributed by atoms with van der Waals surface area (Å²) in [4.78, 5) is 11.9. The highest BCUT2D eigenvalue weighted by Gasteiger charge is 2.07. The Morgan fingerprint density at radius 3 is 2.62 bits per heavy atom. The normalized spacial score (nSPS) is 11.0. The van der Waals surface area contributed by atoms with Gasteiger partial charge in [-0.3, -0.25) is 4.79 Å². The fourth-order valence-corrected chi connectivity index (χ4v) is 1.95. The van der Waals surface area contributed by atoms with Gasteiger partial charge in [0.1, 0.15) is 11.6 Å². The third kappa shape index (κ3) is 8.35. The molecule has 0 heterocycles. The number of aryl methyl sites for hydroxylation is 1. The summed E-state index contributed by atoms with van der Waals surface area (Å²) in [6, 6.07) is 10.0. The van der Waals surface area contributed by atoms with E-state index in [-0.39, 0.29) is 11.5 Å². The Balaban J connectivity index is 2.27. The molecule has 0 fully saturated rings. The van der Waals surface area contributed by atoms with Crippen LogP contribution in [0.3, 0.4) is 0 Å². The number of benzene rings is 1. The molecule has 0 atom stereocenters. The first-order valence-electron chi connectivity index (χ1n) is 8.42. The summed E-state index contributed by atoms with van der Waals surface area (Å²) in [5.41, 5.74) is 2.37. The molecule has 1 aromatic rings. The molecule has 0 spiro atoms. The molecule has 1 amide bonds. The van der Waals surface area contributed by atoms with E-state index in [1.165, 1.54) is 11.8 Å². The number of nitriles is 1. The highest BCUT2D eigenvalue weighted by Crippen LogP contribution is 2.02. The number of carbonyl (C=O) groups is 1. The summed E-state index contributed by atoms with van der Waals surface area (Å²) >= 11 is 0. The van der Waals surface area contributed by atoms with Crippen LogP contribution in [-0.4, -0.2) is 25.7 Å². The van der Waals surface area contributed by atoms with Crippen LogP contribution in [0.2, 0.25) is 0 Å². The van der Waals surface area contributed by atoms with Gasteiger partial charge < -0.3 is 15.4 Å². The predicted molar refractivity (Wildman–Crippen MR) is 95.1 cm³/mol. The topological polar surface area (TPSA) is 74.1 Å². The molecule has 24 heavy (non-hydrogen) atoms. The maximum absolute atomic E-state index is 11.9. The van der Waals surface area contributed by atoms with Gasteiger partial charge in [0.15, 0.2) is 0 Å². The lowest BCUT2D eigenvalue weighted by molar-refractivity contribution is -0.117. The van der Waals surface area contributed by atoms with E-state index in [1.54, 1.807) is 0 Å². The van der Waals surface area contributed by atoms with Gasteiger partial charge in [-0.2, -0.15) is 5.26 Å². The van der Waals surface area contributed by atoms with Gasteiger partial charge in [-0.15, -0.1) is 0 Å². The molecule has 0 aliphatic rings. The summed E-state index contributed by atoms with van der Waals surface area (Å²) in [7, 11) is 0. The standard InChI is InChI=1S/C19H27N3O2/c1-3-4-11-24-12-5-10-22-19(23)18(13-20)15-21-14-17-8-6-16(2)7-9-17/h6-9,15,21H,3-5,10-12,14H2,1-2H3,(H,22,23)/b18-15-. The number of nitrogens with one attached hydrogen (secondary N) is 2. The van der Waals surface area contributed by atoms with Gasteiger partial charge in [0.25, 0.3) is 5.91 Å². The number of hydrogen-bond acceptors (Lipinski definition) is 4. The van der Waals surface area contributed by atoms with Gasteiger partial charge in [0, 0.05) is 32.5 Å². The van der Waals surface area contributed by atoms with Gasteiger partial charge in [-0.1, -0.05) is 43.2 Å². The van der Waals surface area contributed by atoms with E-state index in [2.05, 4.69) is 17.6 Å². The first kappa shape index (κ1) is 19.7. The monoisotopic (exact) mass is 329 g/mol. The van der Waals surface area contributed by atoms with Crippen molar-refractivity contribution in [2.75, 3.05) is 19.8 Å². The van der Waals surface area contributed by atoms with Crippen molar-refractivity contribution in [3.8, 4) is 6.07 Å². The van der Waals surface area contributed by atoms with Crippen LogP contribution in [0.1, 0.15) is 37.3 Å². The third-order valence-corrected chi connectivity index (χ3v) is 3.43. The predicted octanol–water partition coefficient (Wildman–Crippen LogP) is 2.82.